The normalized spacial score (nSPS) is 11.8. The van der Waals surface area contributed by atoms with Crippen LogP contribution < -0.4 is 5.32 Å². The molecule has 0 aromatic heterocycles. The molecule has 0 saturated carbocycles. The summed E-state index contributed by atoms with van der Waals surface area (Å²) in [7, 11) is 0. The maximum absolute atomic E-state index is 3.50. The van der Waals surface area contributed by atoms with Gasteiger partial charge in [0, 0.05) is 0 Å². The van der Waals surface area contributed by atoms with Gasteiger partial charge in [0.05, 0.1) is 0 Å². The third-order valence-electron chi connectivity index (χ3n) is 3.60. The molecule has 0 aliphatic carbocycles. The van der Waals surface area contributed by atoms with Crippen LogP contribution in [0.5, 0.6) is 0 Å². The molecule has 1 rings (SSSR count). The summed E-state index contributed by atoms with van der Waals surface area (Å²) < 4.78 is 0. The zero-order valence-electron chi connectivity index (χ0n) is 13.3. The van der Waals surface area contributed by atoms with Crippen molar-refractivity contribution in [2.24, 2.45) is 0 Å². The average molecular weight is 261 g/mol. The van der Waals surface area contributed by atoms with E-state index in [1.807, 2.05) is 0 Å². The van der Waals surface area contributed by atoms with Crippen LogP contribution >= 0.6 is 0 Å². The molecule has 1 aromatic rings. The minimum Gasteiger partial charge on any atom is -0.317 e. The van der Waals surface area contributed by atoms with Gasteiger partial charge in [0.15, 0.2) is 0 Å². The van der Waals surface area contributed by atoms with Crippen molar-refractivity contribution in [1.82, 2.24) is 5.32 Å². The largest absolute Gasteiger partial charge is 0.317 e. The Morgan fingerprint density at radius 1 is 0.895 bits per heavy atom. The number of aryl methyl sites for hydroxylation is 1. The van der Waals surface area contributed by atoms with Crippen LogP contribution in [0.3, 0.4) is 0 Å². The zero-order valence-corrected chi connectivity index (χ0v) is 13.3. The molecule has 19 heavy (non-hydrogen) atoms. The first-order valence-corrected chi connectivity index (χ1v) is 7.84. The molecule has 0 bridgehead atoms. The van der Waals surface area contributed by atoms with Gasteiger partial charge in [0.25, 0.3) is 0 Å². The van der Waals surface area contributed by atoms with Gasteiger partial charge in [-0.2, -0.15) is 0 Å². The minimum absolute atomic E-state index is 0.266. The van der Waals surface area contributed by atoms with Crippen molar-refractivity contribution in [1.29, 1.82) is 0 Å². The first-order chi connectivity index (χ1) is 9.04. The highest BCUT2D eigenvalue weighted by atomic mass is 14.8. The van der Waals surface area contributed by atoms with Crippen molar-refractivity contribution in [3.8, 4) is 0 Å². The van der Waals surface area contributed by atoms with Gasteiger partial charge >= 0.3 is 0 Å². The highest BCUT2D eigenvalue weighted by Gasteiger charge is 2.12. The monoisotopic (exact) mass is 261 g/mol. The number of nitrogens with one attached hydrogen (secondary N) is 1. The van der Waals surface area contributed by atoms with Crippen LogP contribution in [-0.2, 0) is 11.8 Å². The first kappa shape index (κ1) is 16.2. The lowest BCUT2D eigenvalue weighted by Crippen LogP contribution is -2.16. The summed E-state index contributed by atoms with van der Waals surface area (Å²) in [5, 5.41) is 3.50. The molecule has 0 heterocycles. The Balaban J connectivity index is 2.20. The summed E-state index contributed by atoms with van der Waals surface area (Å²) in [5.41, 5.74) is 3.17. The van der Waals surface area contributed by atoms with Crippen LogP contribution in [0.1, 0.15) is 64.5 Å². The van der Waals surface area contributed by atoms with E-state index in [0.29, 0.717) is 0 Å². The molecule has 108 valence electrons. The fraction of sp³-hybridized carbons (Fsp3) is 0.667. The second kappa shape index (κ2) is 8.37. The van der Waals surface area contributed by atoms with Crippen molar-refractivity contribution >= 4 is 0 Å². The summed E-state index contributed by atoms with van der Waals surface area (Å²) >= 11 is 0. The molecule has 0 amide bonds. The van der Waals surface area contributed by atoms with E-state index in [9.17, 15) is 0 Å². The fourth-order valence-electron chi connectivity index (χ4n) is 2.18. The third kappa shape index (κ3) is 6.77. The van der Waals surface area contributed by atoms with Gasteiger partial charge in [0.2, 0.25) is 0 Å². The van der Waals surface area contributed by atoms with Crippen molar-refractivity contribution in [3.63, 3.8) is 0 Å². The molecule has 0 fully saturated rings. The van der Waals surface area contributed by atoms with Crippen molar-refractivity contribution < 1.29 is 0 Å². The number of unbranched alkanes of at least 4 members (excludes halogenated alkanes) is 2. The van der Waals surface area contributed by atoms with E-state index >= 15 is 0 Å². The Hall–Kier alpha value is -0.820. The fourth-order valence-corrected chi connectivity index (χ4v) is 2.18. The molecule has 1 N–H and O–H groups in total. The smallest absolute Gasteiger partial charge is 0.00488 e. The van der Waals surface area contributed by atoms with Crippen molar-refractivity contribution in [2.45, 2.75) is 65.2 Å². The standard InChI is InChI=1S/C18H31N/c1-5-6-14-19-15-8-7-9-16-10-12-17(13-11-16)18(2,3)4/h10-13,19H,5-9,14-15H2,1-4H3. The molecule has 1 heteroatoms. The molecule has 0 spiro atoms. The topological polar surface area (TPSA) is 12.0 Å². The van der Waals surface area contributed by atoms with Crippen molar-refractivity contribution in [2.75, 3.05) is 13.1 Å². The van der Waals surface area contributed by atoms with Crippen LogP contribution in [0, 0.1) is 0 Å². The highest BCUT2D eigenvalue weighted by molar-refractivity contribution is 5.27. The van der Waals surface area contributed by atoms with E-state index in [0.717, 1.165) is 0 Å². The Bertz CT molecular complexity index is 332. The molecule has 0 aliphatic heterocycles. The summed E-state index contributed by atoms with van der Waals surface area (Å²) in [6.45, 7) is 11.4. The molecule has 0 aliphatic rings. The van der Waals surface area contributed by atoms with Crippen LogP contribution in [0.25, 0.3) is 0 Å². The summed E-state index contributed by atoms with van der Waals surface area (Å²) in [6.07, 6.45) is 6.36. The quantitative estimate of drug-likeness (QED) is 0.669. The van der Waals surface area contributed by atoms with Gasteiger partial charge in [-0.3, -0.25) is 0 Å². The van der Waals surface area contributed by atoms with E-state index in [1.54, 1.807) is 0 Å². The van der Waals surface area contributed by atoms with Gasteiger partial charge in [-0.25, -0.2) is 0 Å². The molecule has 1 aromatic carbocycles. The lowest BCUT2D eigenvalue weighted by molar-refractivity contribution is 0.588. The lowest BCUT2D eigenvalue weighted by Gasteiger charge is -2.19. The van der Waals surface area contributed by atoms with E-state index in [4.69, 9.17) is 0 Å². The molecular formula is C18H31N. The Morgan fingerprint density at radius 3 is 2.11 bits per heavy atom. The van der Waals surface area contributed by atoms with Gasteiger partial charge in [0.1, 0.15) is 0 Å². The maximum atomic E-state index is 3.50. The molecular weight excluding hydrogens is 230 g/mol. The lowest BCUT2D eigenvalue weighted by atomic mass is 9.86. The minimum atomic E-state index is 0.266. The van der Waals surface area contributed by atoms with E-state index in [-0.39, 0.29) is 5.41 Å². The second-order valence-corrected chi connectivity index (χ2v) is 6.51. The second-order valence-electron chi connectivity index (χ2n) is 6.51. The molecule has 0 unspecified atom stereocenters. The van der Waals surface area contributed by atoms with Gasteiger partial charge in [-0.05, 0) is 55.3 Å². The van der Waals surface area contributed by atoms with Gasteiger partial charge in [-0.1, -0.05) is 58.4 Å². The van der Waals surface area contributed by atoms with Gasteiger partial charge < -0.3 is 5.32 Å². The Morgan fingerprint density at radius 2 is 1.53 bits per heavy atom. The number of hydrogen-bond acceptors (Lipinski definition) is 1. The van der Waals surface area contributed by atoms with E-state index < -0.39 is 0 Å². The number of rotatable bonds is 8. The zero-order chi connectivity index (χ0) is 14.1. The first-order valence-electron chi connectivity index (χ1n) is 7.84. The predicted octanol–water partition coefficient (Wildman–Crippen LogP) is 4.70. The SMILES string of the molecule is CCCCNCCCCc1ccc(C(C)(C)C)cc1. The number of hydrogen-bond donors (Lipinski definition) is 1. The van der Waals surface area contributed by atoms with Crippen LogP contribution in [0.15, 0.2) is 24.3 Å². The van der Waals surface area contributed by atoms with Crippen LogP contribution in [0.2, 0.25) is 0 Å². The molecule has 1 nitrogen and oxygen atoms in total. The van der Waals surface area contributed by atoms with E-state index in [2.05, 4.69) is 57.3 Å². The average Bonchev–Trinajstić information content (AvgIpc) is 2.37. The maximum Gasteiger partial charge on any atom is -0.00488 e. The molecule has 0 atom stereocenters. The summed E-state index contributed by atoms with van der Waals surface area (Å²) in [6, 6.07) is 9.17. The van der Waals surface area contributed by atoms with Crippen LogP contribution in [-0.4, -0.2) is 13.1 Å². The number of benzene rings is 1. The summed E-state index contributed by atoms with van der Waals surface area (Å²) in [4.78, 5) is 0. The Kier molecular flexibility index (Phi) is 7.15. The van der Waals surface area contributed by atoms with Crippen molar-refractivity contribution in [3.05, 3.63) is 35.4 Å². The van der Waals surface area contributed by atoms with Crippen LogP contribution in [0.4, 0.5) is 0 Å². The molecule has 0 radical (unpaired) electrons. The predicted molar refractivity (Wildman–Crippen MR) is 85.9 cm³/mol. The molecule has 0 saturated heterocycles. The summed E-state index contributed by atoms with van der Waals surface area (Å²) in [5.74, 6) is 0. The van der Waals surface area contributed by atoms with Gasteiger partial charge in [-0.15, -0.1) is 0 Å². The van der Waals surface area contributed by atoms with E-state index in [1.165, 1.54) is 56.3 Å². The Labute approximate surface area is 119 Å². The third-order valence-corrected chi connectivity index (χ3v) is 3.60. The highest BCUT2D eigenvalue weighted by Crippen LogP contribution is 2.22.